The standard InChI is InChI=1S/C33H36BrNO7S/c1-19-6-9-21(10-7-19)43(40,41)42-27-11-8-20(34)14-22(27)29-30-23(15-32(2,3)17-25(30)36)35(13-12-28(38)39)24-16-33(4,5)18-26(37)31(24)29/h6-11,14,29H,12-13,15-18H2,1-5H3,(H,38,39). The summed E-state index contributed by atoms with van der Waals surface area (Å²) in [7, 11) is -4.25. The second-order valence-corrected chi connectivity index (χ2v) is 15.8. The van der Waals surface area contributed by atoms with Gasteiger partial charge in [-0.3, -0.25) is 14.4 Å². The van der Waals surface area contributed by atoms with Crippen LogP contribution in [0.25, 0.3) is 0 Å². The first-order valence-corrected chi connectivity index (χ1v) is 16.5. The number of aliphatic carboxylic acids is 1. The number of Topliss-reactive ketones (excluding diaryl/α,β-unsaturated/α-hetero) is 2. The Morgan fingerprint density at radius 2 is 1.47 bits per heavy atom. The van der Waals surface area contributed by atoms with Gasteiger partial charge in [-0.25, -0.2) is 0 Å². The third kappa shape index (κ3) is 6.22. The zero-order valence-corrected chi connectivity index (χ0v) is 27.4. The van der Waals surface area contributed by atoms with E-state index in [9.17, 15) is 27.9 Å². The second kappa shape index (κ2) is 11.0. The average Bonchev–Trinajstić information content (AvgIpc) is 2.87. The molecule has 0 fully saturated rings. The quantitative estimate of drug-likeness (QED) is 0.324. The Balaban J connectivity index is 1.75. The minimum absolute atomic E-state index is 0.0127. The number of halogens is 1. The molecule has 1 N–H and O–H groups in total. The van der Waals surface area contributed by atoms with Crippen molar-refractivity contribution < 1.29 is 32.1 Å². The molecule has 0 saturated carbocycles. The number of carbonyl (C=O) groups is 3. The number of carbonyl (C=O) groups excluding carboxylic acids is 2. The monoisotopic (exact) mass is 669 g/mol. The summed E-state index contributed by atoms with van der Waals surface area (Å²) in [6, 6.07) is 11.2. The molecule has 0 saturated heterocycles. The van der Waals surface area contributed by atoms with E-state index >= 15 is 0 Å². The Morgan fingerprint density at radius 3 is 1.98 bits per heavy atom. The van der Waals surface area contributed by atoms with Gasteiger partial charge in [0.2, 0.25) is 0 Å². The van der Waals surface area contributed by atoms with Crippen LogP contribution in [0.4, 0.5) is 0 Å². The lowest BCUT2D eigenvalue weighted by Crippen LogP contribution is -2.45. The molecule has 2 aromatic rings. The number of hydrogen-bond donors (Lipinski definition) is 1. The summed E-state index contributed by atoms with van der Waals surface area (Å²) >= 11 is 3.51. The molecule has 1 aliphatic heterocycles. The fourth-order valence-electron chi connectivity index (χ4n) is 6.53. The van der Waals surface area contributed by atoms with Crippen LogP contribution >= 0.6 is 15.9 Å². The van der Waals surface area contributed by atoms with Gasteiger partial charge in [0.05, 0.1) is 6.42 Å². The number of benzene rings is 2. The fourth-order valence-corrected chi connectivity index (χ4v) is 7.86. The van der Waals surface area contributed by atoms with E-state index in [2.05, 4.69) is 15.9 Å². The van der Waals surface area contributed by atoms with Gasteiger partial charge < -0.3 is 14.2 Å². The lowest BCUT2D eigenvalue weighted by atomic mass is 9.63. The fraction of sp³-hybridized carbons (Fsp3) is 0.424. The molecule has 2 aliphatic carbocycles. The summed E-state index contributed by atoms with van der Waals surface area (Å²) in [5.41, 5.74) is 2.73. The molecule has 228 valence electrons. The maximum absolute atomic E-state index is 14.0. The van der Waals surface area contributed by atoms with E-state index in [4.69, 9.17) is 4.18 Å². The number of ketones is 2. The number of carboxylic acid groups (broad SMARTS) is 1. The maximum atomic E-state index is 14.0. The van der Waals surface area contributed by atoms with Gasteiger partial charge in [0.1, 0.15) is 10.6 Å². The normalized spacial score (nSPS) is 20.2. The average molecular weight is 671 g/mol. The molecule has 0 atom stereocenters. The molecule has 0 radical (unpaired) electrons. The topological polar surface area (TPSA) is 118 Å². The van der Waals surface area contributed by atoms with E-state index in [-0.39, 0.29) is 58.8 Å². The Morgan fingerprint density at radius 1 is 0.930 bits per heavy atom. The zero-order valence-electron chi connectivity index (χ0n) is 25.0. The molecule has 43 heavy (non-hydrogen) atoms. The molecular weight excluding hydrogens is 634 g/mol. The van der Waals surface area contributed by atoms with Gasteiger partial charge in [-0.05, 0) is 60.9 Å². The summed E-state index contributed by atoms with van der Waals surface area (Å²) in [6.45, 7) is 9.98. The summed E-state index contributed by atoms with van der Waals surface area (Å²) in [4.78, 5) is 41.7. The minimum Gasteiger partial charge on any atom is -0.481 e. The molecule has 0 amide bonds. The Hall–Kier alpha value is -3.24. The van der Waals surface area contributed by atoms with Crippen LogP contribution in [0, 0.1) is 17.8 Å². The highest BCUT2D eigenvalue weighted by Crippen LogP contribution is 2.55. The van der Waals surface area contributed by atoms with Crippen molar-refractivity contribution in [2.75, 3.05) is 6.54 Å². The van der Waals surface area contributed by atoms with E-state index in [0.29, 0.717) is 45.4 Å². The summed E-state index contributed by atoms with van der Waals surface area (Å²) in [5.74, 6) is -2.10. The Bertz CT molecular complexity index is 1650. The van der Waals surface area contributed by atoms with E-state index < -0.39 is 22.0 Å². The summed E-state index contributed by atoms with van der Waals surface area (Å²) in [6.07, 6.45) is 1.32. The molecule has 0 spiro atoms. The highest BCUT2D eigenvalue weighted by atomic mass is 79.9. The first-order chi connectivity index (χ1) is 20.0. The first-order valence-electron chi connectivity index (χ1n) is 14.3. The first kappa shape index (κ1) is 31.2. The lowest BCUT2D eigenvalue weighted by Gasteiger charge is -2.49. The SMILES string of the molecule is Cc1ccc(S(=O)(=O)Oc2ccc(Br)cc2C2C3=C(CC(C)(C)CC3=O)N(CCC(=O)O)C3=C2C(=O)CC(C)(C)C3)cc1. The number of rotatable bonds is 7. The predicted molar refractivity (Wildman–Crippen MR) is 165 cm³/mol. The van der Waals surface area contributed by atoms with Gasteiger partial charge >= 0.3 is 16.1 Å². The molecule has 0 unspecified atom stereocenters. The van der Waals surface area contributed by atoms with Gasteiger partial charge in [0, 0.05) is 57.9 Å². The zero-order chi connectivity index (χ0) is 31.5. The van der Waals surface area contributed by atoms with Crippen molar-refractivity contribution in [3.63, 3.8) is 0 Å². The van der Waals surface area contributed by atoms with Crippen LogP contribution in [-0.4, -0.2) is 42.5 Å². The summed E-state index contributed by atoms with van der Waals surface area (Å²) < 4.78 is 33.3. The van der Waals surface area contributed by atoms with Crippen molar-refractivity contribution in [1.29, 1.82) is 0 Å². The number of carboxylic acids is 1. The molecule has 1 heterocycles. The third-order valence-electron chi connectivity index (χ3n) is 8.36. The van der Waals surface area contributed by atoms with Crippen molar-refractivity contribution in [3.05, 3.63) is 80.6 Å². The molecule has 8 nitrogen and oxygen atoms in total. The van der Waals surface area contributed by atoms with Gasteiger partial charge in [0.25, 0.3) is 0 Å². The van der Waals surface area contributed by atoms with Crippen molar-refractivity contribution in [1.82, 2.24) is 4.90 Å². The smallest absolute Gasteiger partial charge is 0.339 e. The van der Waals surface area contributed by atoms with Crippen molar-refractivity contribution in [2.24, 2.45) is 10.8 Å². The van der Waals surface area contributed by atoms with Crippen LogP contribution in [0.15, 0.2) is 74.4 Å². The number of aryl methyl sites for hydroxylation is 1. The number of nitrogens with zero attached hydrogens (tertiary/aromatic N) is 1. The lowest BCUT2D eigenvalue weighted by molar-refractivity contribution is -0.137. The molecule has 3 aliphatic rings. The summed E-state index contributed by atoms with van der Waals surface area (Å²) in [5, 5.41) is 9.59. The van der Waals surface area contributed by atoms with Gasteiger partial charge in [0.15, 0.2) is 11.6 Å². The molecule has 5 rings (SSSR count). The van der Waals surface area contributed by atoms with Gasteiger partial charge in [-0.15, -0.1) is 0 Å². The van der Waals surface area contributed by atoms with Crippen LogP contribution in [0.5, 0.6) is 5.75 Å². The van der Waals surface area contributed by atoms with E-state index in [1.54, 1.807) is 24.3 Å². The molecule has 0 bridgehead atoms. The molecule has 0 aromatic heterocycles. The second-order valence-electron chi connectivity index (χ2n) is 13.4. The largest absolute Gasteiger partial charge is 0.481 e. The van der Waals surface area contributed by atoms with Crippen molar-refractivity contribution in [2.45, 2.75) is 77.5 Å². The molecular formula is C33H36BrNO7S. The third-order valence-corrected chi connectivity index (χ3v) is 10.1. The molecule has 2 aromatic carbocycles. The Labute approximate surface area is 261 Å². The number of allylic oxidation sites excluding steroid dienone is 4. The van der Waals surface area contributed by atoms with Crippen LogP contribution in [0.1, 0.15) is 76.8 Å². The maximum Gasteiger partial charge on any atom is 0.339 e. The van der Waals surface area contributed by atoms with E-state index in [1.807, 2.05) is 39.5 Å². The van der Waals surface area contributed by atoms with Gasteiger partial charge in [-0.2, -0.15) is 8.42 Å². The van der Waals surface area contributed by atoms with Crippen molar-refractivity contribution in [3.8, 4) is 5.75 Å². The van der Waals surface area contributed by atoms with E-state index in [0.717, 1.165) is 5.56 Å². The van der Waals surface area contributed by atoms with Crippen LogP contribution in [0.2, 0.25) is 0 Å². The highest BCUT2D eigenvalue weighted by Gasteiger charge is 2.49. The van der Waals surface area contributed by atoms with Gasteiger partial charge in [-0.1, -0.05) is 61.3 Å². The predicted octanol–water partition coefficient (Wildman–Crippen LogP) is 6.69. The van der Waals surface area contributed by atoms with Crippen LogP contribution < -0.4 is 4.18 Å². The van der Waals surface area contributed by atoms with Crippen LogP contribution in [-0.2, 0) is 24.5 Å². The molecule has 10 heteroatoms. The van der Waals surface area contributed by atoms with E-state index in [1.165, 1.54) is 18.2 Å². The Kier molecular flexibility index (Phi) is 8.01. The highest BCUT2D eigenvalue weighted by molar-refractivity contribution is 9.10. The van der Waals surface area contributed by atoms with Crippen molar-refractivity contribution >= 4 is 43.6 Å². The van der Waals surface area contributed by atoms with Crippen LogP contribution in [0.3, 0.4) is 0 Å². The minimum atomic E-state index is -4.25. The number of hydrogen-bond acceptors (Lipinski definition) is 7.